The third-order valence-corrected chi connectivity index (χ3v) is 3.21. The van der Waals surface area contributed by atoms with Crippen molar-refractivity contribution >= 4 is 5.82 Å². The van der Waals surface area contributed by atoms with Crippen LogP contribution < -0.4 is 4.90 Å². The van der Waals surface area contributed by atoms with Gasteiger partial charge in [-0.3, -0.25) is 0 Å². The van der Waals surface area contributed by atoms with Gasteiger partial charge in [0.1, 0.15) is 5.82 Å². The first-order valence-electron chi connectivity index (χ1n) is 6.57. The lowest BCUT2D eigenvalue weighted by molar-refractivity contribution is 0.122. The molecule has 1 aromatic carbocycles. The van der Waals surface area contributed by atoms with E-state index in [-0.39, 0.29) is 0 Å². The molecule has 2 aromatic rings. The fraction of sp³-hybridized carbons (Fsp3) is 0.333. The summed E-state index contributed by atoms with van der Waals surface area (Å²) in [5.74, 6) is 1.79. The molecule has 0 amide bonds. The van der Waals surface area contributed by atoms with E-state index in [1.54, 1.807) is 0 Å². The molecular formula is C15H17N3O. The van der Waals surface area contributed by atoms with Crippen molar-refractivity contribution in [3.8, 4) is 11.4 Å². The SMILES string of the molecule is Cc1cc(N2CCOCC2)nc(-c2ccccc2)n1. The van der Waals surface area contributed by atoms with Crippen molar-refractivity contribution in [2.24, 2.45) is 0 Å². The Morgan fingerprint density at radius 3 is 2.53 bits per heavy atom. The third-order valence-electron chi connectivity index (χ3n) is 3.21. The highest BCUT2D eigenvalue weighted by Gasteiger charge is 2.14. The second-order valence-corrected chi connectivity index (χ2v) is 4.66. The number of morpholine rings is 1. The van der Waals surface area contributed by atoms with E-state index < -0.39 is 0 Å². The predicted octanol–water partition coefficient (Wildman–Crippen LogP) is 2.29. The molecule has 0 spiro atoms. The maximum Gasteiger partial charge on any atom is 0.161 e. The van der Waals surface area contributed by atoms with Crippen LogP contribution in [0.5, 0.6) is 0 Å². The van der Waals surface area contributed by atoms with Crippen molar-refractivity contribution in [3.05, 3.63) is 42.1 Å². The number of benzene rings is 1. The van der Waals surface area contributed by atoms with Gasteiger partial charge in [0.2, 0.25) is 0 Å². The molecule has 1 aliphatic rings. The zero-order valence-corrected chi connectivity index (χ0v) is 11.0. The molecule has 19 heavy (non-hydrogen) atoms. The van der Waals surface area contributed by atoms with Gasteiger partial charge < -0.3 is 9.64 Å². The largest absolute Gasteiger partial charge is 0.378 e. The van der Waals surface area contributed by atoms with Gasteiger partial charge in [0.05, 0.1) is 13.2 Å². The lowest BCUT2D eigenvalue weighted by Crippen LogP contribution is -2.36. The Kier molecular flexibility index (Phi) is 3.42. The smallest absolute Gasteiger partial charge is 0.161 e. The zero-order chi connectivity index (χ0) is 13.1. The average Bonchev–Trinajstić information content (AvgIpc) is 2.48. The van der Waals surface area contributed by atoms with Crippen molar-refractivity contribution < 1.29 is 4.74 Å². The molecule has 0 N–H and O–H groups in total. The van der Waals surface area contributed by atoms with E-state index >= 15 is 0 Å². The van der Waals surface area contributed by atoms with E-state index in [1.165, 1.54) is 0 Å². The van der Waals surface area contributed by atoms with Crippen molar-refractivity contribution in [2.45, 2.75) is 6.92 Å². The maximum atomic E-state index is 5.38. The average molecular weight is 255 g/mol. The number of anilines is 1. The van der Waals surface area contributed by atoms with E-state index in [4.69, 9.17) is 4.74 Å². The molecule has 0 bridgehead atoms. The molecule has 0 unspecified atom stereocenters. The molecule has 4 nitrogen and oxygen atoms in total. The summed E-state index contributed by atoms with van der Waals surface area (Å²) in [7, 11) is 0. The zero-order valence-electron chi connectivity index (χ0n) is 11.0. The number of rotatable bonds is 2. The predicted molar refractivity (Wildman–Crippen MR) is 75.2 cm³/mol. The Morgan fingerprint density at radius 2 is 1.79 bits per heavy atom. The Labute approximate surface area is 113 Å². The van der Waals surface area contributed by atoms with Gasteiger partial charge in [0.15, 0.2) is 5.82 Å². The number of hydrogen-bond acceptors (Lipinski definition) is 4. The summed E-state index contributed by atoms with van der Waals surface area (Å²) in [4.78, 5) is 11.5. The molecule has 0 aliphatic carbocycles. The van der Waals surface area contributed by atoms with Gasteiger partial charge in [0.25, 0.3) is 0 Å². The molecule has 1 aliphatic heterocycles. The molecule has 1 aromatic heterocycles. The summed E-state index contributed by atoms with van der Waals surface area (Å²) in [6, 6.07) is 12.1. The minimum atomic E-state index is 0.768. The fourth-order valence-electron chi connectivity index (χ4n) is 2.22. The van der Waals surface area contributed by atoms with E-state index in [9.17, 15) is 0 Å². The monoisotopic (exact) mass is 255 g/mol. The Balaban J connectivity index is 1.96. The second-order valence-electron chi connectivity index (χ2n) is 4.66. The topological polar surface area (TPSA) is 38.2 Å². The first-order chi connectivity index (χ1) is 9.33. The molecule has 3 rings (SSSR count). The van der Waals surface area contributed by atoms with Crippen molar-refractivity contribution in [1.82, 2.24) is 9.97 Å². The first-order valence-corrected chi connectivity index (χ1v) is 6.57. The van der Waals surface area contributed by atoms with E-state index in [2.05, 4.69) is 14.9 Å². The highest BCUT2D eigenvalue weighted by molar-refractivity contribution is 5.57. The number of aryl methyl sites for hydroxylation is 1. The minimum absolute atomic E-state index is 0.768. The van der Waals surface area contributed by atoms with E-state index in [1.807, 2.05) is 43.3 Å². The van der Waals surface area contributed by atoms with Crippen LogP contribution in [0.2, 0.25) is 0 Å². The lowest BCUT2D eigenvalue weighted by atomic mass is 10.2. The summed E-state index contributed by atoms with van der Waals surface area (Å²) in [6.45, 7) is 5.33. The highest BCUT2D eigenvalue weighted by Crippen LogP contribution is 2.20. The van der Waals surface area contributed by atoms with E-state index in [0.29, 0.717) is 0 Å². The van der Waals surface area contributed by atoms with Crippen LogP contribution in [0.15, 0.2) is 36.4 Å². The standard InChI is InChI=1S/C15H17N3O/c1-12-11-14(18-7-9-19-10-8-18)17-15(16-12)13-5-3-2-4-6-13/h2-6,11H,7-10H2,1H3. The molecule has 0 saturated carbocycles. The van der Waals surface area contributed by atoms with Crippen LogP contribution in [0, 0.1) is 6.92 Å². The molecule has 98 valence electrons. The van der Waals surface area contributed by atoms with Gasteiger partial charge in [-0.1, -0.05) is 30.3 Å². The van der Waals surface area contributed by atoms with Gasteiger partial charge in [-0.25, -0.2) is 9.97 Å². The fourth-order valence-corrected chi connectivity index (χ4v) is 2.22. The van der Waals surface area contributed by atoms with Crippen LogP contribution in [0.25, 0.3) is 11.4 Å². The molecule has 2 heterocycles. The van der Waals surface area contributed by atoms with Gasteiger partial charge in [0, 0.05) is 30.4 Å². The van der Waals surface area contributed by atoms with Crippen LogP contribution in [0.3, 0.4) is 0 Å². The van der Waals surface area contributed by atoms with Gasteiger partial charge in [-0.15, -0.1) is 0 Å². The summed E-state index contributed by atoms with van der Waals surface area (Å²) in [5, 5.41) is 0. The molecule has 1 fully saturated rings. The summed E-state index contributed by atoms with van der Waals surface area (Å²) >= 11 is 0. The van der Waals surface area contributed by atoms with Gasteiger partial charge in [-0.05, 0) is 6.92 Å². The molecule has 1 saturated heterocycles. The third kappa shape index (κ3) is 2.74. The number of nitrogens with zero attached hydrogens (tertiary/aromatic N) is 3. The van der Waals surface area contributed by atoms with Crippen LogP contribution in [-0.4, -0.2) is 36.3 Å². The lowest BCUT2D eigenvalue weighted by Gasteiger charge is -2.28. The number of aromatic nitrogens is 2. The normalized spacial score (nSPS) is 15.5. The summed E-state index contributed by atoms with van der Waals surface area (Å²) in [5.41, 5.74) is 2.05. The summed E-state index contributed by atoms with van der Waals surface area (Å²) in [6.07, 6.45) is 0. The quantitative estimate of drug-likeness (QED) is 0.825. The highest BCUT2D eigenvalue weighted by atomic mass is 16.5. The molecule has 0 radical (unpaired) electrons. The molecular weight excluding hydrogens is 238 g/mol. The second kappa shape index (κ2) is 5.36. The first kappa shape index (κ1) is 12.1. The molecule has 0 atom stereocenters. The van der Waals surface area contributed by atoms with Crippen LogP contribution in [0.1, 0.15) is 5.69 Å². The minimum Gasteiger partial charge on any atom is -0.378 e. The van der Waals surface area contributed by atoms with Crippen LogP contribution in [-0.2, 0) is 4.74 Å². The van der Waals surface area contributed by atoms with Crippen LogP contribution >= 0.6 is 0 Å². The van der Waals surface area contributed by atoms with Gasteiger partial charge in [-0.2, -0.15) is 0 Å². The Hall–Kier alpha value is -1.94. The maximum absolute atomic E-state index is 5.38. The van der Waals surface area contributed by atoms with Crippen molar-refractivity contribution in [3.63, 3.8) is 0 Å². The van der Waals surface area contributed by atoms with Crippen molar-refractivity contribution in [2.75, 3.05) is 31.2 Å². The Morgan fingerprint density at radius 1 is 1.05 bits per heavy atom. The Bertz CT molecular complexity index is 551. The summed E-state index contributed by atoms with van der Waals surface area (Å²) < 4.78 is 5.38. The molecule has 4 heteroatoms. The van der Waals surface area contributed by atoms with Crippen LogP contribution in [0.4, 0.5) is 5.82 Å². The van der Waals surface area contributed by atoms with Gasteiger partial charge >= 0.3 is 0 Å². The number of hydrogen-bond donors (Lipinski definition) is 0. The number of ether oxygens (including phenoxy) is 1. The van der Waals surface area contributed by atoms with E-state index in [0.717, 1.165) is 49.2 Å². The van der Waals surface area contributed by atoms with Crippen molar-refractivity contribution in [1.29, 1.82) is 0 Å².